The van der Waals surface area contributed by atoms with Crippen LogP contribution in [0.15, 0.2) is 42.5 Å². The summed E-state index contributed by atoms with van der Waals surface area (Å²) in [6.07, 6.45) is 0.999. The van der Waals surface area contributed by atoms with E-state index in [4.69, 9.17) is 9.47 Å². The molecule has 1 atom stereocenters. The Hall–Kier alpha value is -2.00. The molecule has 2 aromatic carbocycles. The molecular weight excluding hydrogens is 264 g/mol. The van der Waals surface area contributed by atoms with Crippen molar-refractivity contribution >= 4 is 0 Å². The van der Waals surface area contributed by atoms with Crippen LogP contribution in [0.3, 0.4) is 0 Å². The second-order valence-corrected chi connectivity index (χ2v) is 5.01. The van der Waals surface area contributed by atoms with Crippen LogP contribution in [-0.4, -0.2) is 19.3 Å². The summed E-state index contributed by atoms with van der Waals surface area (Å²) in [5.41, 5.74) is 3.20. The minimum atomic E-state index is -0.519. The highest BCUT2D eigenvalue weighted by Gasteiger charge is 2.11. The molecule has 112 valence electrons. The largest absolute Gasteiger partial charge is 0.493 e. The van der Waals surface area contributed by atoms with Crippen molar-refractivity contribution in [1.29, 1.82) is 0 Å². The molecule has 0 amide bonds. The van der Waals surface area contributed by atoms with Crippen molar-refractivity contribution in [3.8, 4) is 11.5 Å². The molecule has 2 aromatic rings. The molecular formula is C18H22O3. The van der Waals surface area contributed by atoms with Crippen LogP contribution in [0.2, 0.25) is 0 Å². The Morgan fingerprint density at radius 2 is 1.71 bits per heavy atom. The van der Waals surface area contributed by atoms with E-state index in [9.17, 15) is 5.11 Å². The van der Waals surface area contributed by atoms with Gasteiger partial charge < -0.3 is 14.6 Å². The SMILES string of the molecule is CCc1cccc(C(O)Cc2ccc(OC)c(OC)c2)c1. The maximum absolute atomic E-state index is 10.4. The zero-order valence-electron chi connectivity index (χ0n) is 12.8. The van der Waals surface area contributed by atoms with E-state index in [0.717, 1.165) is 17.5 Å². The summed E-state index contributed by atoms with van der Waals surface area (Å²) in [5.74, 6) is 1.38. The molecule has 0 saturated carbocycles. The maximum atomic E-state index is 10.4. The van der Waals surface area contributed by atoms with Crippen LogP contribution in [0.25, 0.3) is 0 Å². The topological polar surface area (TPSA) is 38.7 Å². The van der Waals surface area contributed by atoms with Crippen molar-refractivity contribution in [3.05, 3.63) is 59.2 Å². The molecule has 3 nitrogen and oxygen atoms in total. The van der Waals surface area contributed by atoms with Gasteiger partial charge in [0, 0.05) is 6.42 Å². The second-order valence-electron chi connectivity index (χ2n) is 5.01. The van der Waals surface area contributed by atoms with Crippen LogP contribution in [0.1, 0.15) is 29.7 Å². The van der Waals surface area contributed by atoms with E-state index < -0.39 is 6.10 Å². The van der Waals surface area contributed by atoms with E-state index in [1.54, 1.807) is 14.2 Å². The fraction of sp³-hybridized carbons (Fsp3) is 0.333. The summed E-state index contributed by atoms with van der Waals surface area (Å²) in [7, 11) is 3.23. The predicted molar refractivity (Wildman–Crippen MR) is 84.0 cm³/mol. The molecule has 0 aliphatic heterocycles. The zero-order valence-corrected chi connectivity index (χ0v) is 12.8. The monoisotopic (exact) mass is 286 g/mol. The van der Waals surface area contributed by atoms with Crippen LogP contribution < -0.4 is 9.47 Å². The zero-order chi connectivity index (χ0) is 15.2. The van der Waals surface area contributed by atoms with Gasteiger partial charge in [-0.15, -0.1) is 0 Å². The van der Waals surface area contributed by atoms with Gasteiger partial charge in [0.2, 0.25) is 0 Å². The third-order valence-electron chi connectivity index (χ3n) is 3.62. The number of aliphatic hydroxyl groups excluding tert-OH is 1. The molecule has 0 spiro atoms. The molecule has 1 N–H and O–H groups in total. The Kier molecular flexibility index (Phi) is 5.23. The Labute approximate surface area is 126 Å². The van der Waals surface area contributed by atoms with Crippen molar-refractivity contribution in [3.63, 3.8) is 0 Å². The first-order valence-electron chi connectivity index (χ1n) is 7.15. The van der Waals surface area contributed by atoms with E-state index in [0.29, 0.717) is 17.9 Å². The third kappa shape index (κ3) is 3.76. The molecule has 2 rings (SSSR count). The minimum absolute atomic E-state index is 0.519. The average molecular weight is 286 g/mol. The van der Waals surface area contributed by atoms with Crippen LogP contribution in [-0.2, 0) is 12.8 Å². The number of hydrogen-bond acceptors (Lipinski definition) is 3. The number of hydrogen-bond donors (Lipinski definition) is 1. The standard InChI is InChI=1S/C18H22O3/c1-4-13-6-5-7-15(10-13)16(19)11-14-8-9-17(20-2)18(12-14)21-3/h5-10,12,16,19H,4,11H2,1-3H3. The quantitative estimate of drug-likeness (QED) is 0.882. The Bertz CT molecular complexity index is 593. The molecule has 0 saturated heterocycles. The molecule has 21 heavy (non-hydrogen) atoms. The fourth-order valence-corrected chi connectivity index (χ4v) is 2.37. The van der Waals surface area contributed by atoms with Crippen LogP contribution >= 0.6 is 0 Å². The summed E-state index contributed by atoms with van der Waals surface area (Å²) in [5, 5.41) is 10.4. The van der Waals surface area contributed by atoms with Crippen molar-refractivity contribution in [2.45, 2.75) is 25.9 Å². The lowest BCUT2D eigenvalue weighted by Gasteiger charge is -2.14. The molecule has 0 aromatic heterocycles. The van der Waals surface area contributed by atoms with Gasteiger partial charge in [0.05, 0.1) is 20.3 Å². The minimum Gasteiger partial charge on any atom is -0.493 e. The third-order valence-corrected chi connectivity index (χ3v) is 3.62. The van der Waals surface area contributed by atoms with Gasteiger partial charge in [-0.1, -0.05) is 37.3 Å². The Morgan fingerprint density at radius 3 is 2.38 bits per heavy atom. The fourth-order valence-electron chi connectivity index (χ4n) is 2.37. The molecule has 0 aliphatic carbocycles. The number of ether oxygens (including phenoxy) is 2. The van der Waals surface area contributed by atoms with Gasteiger partial charge in [0.15, 0.2) is 11.5 Å². The second kappa shape index (κ2) is 7.14. The van der Waals surface area contributed by atoms with Gasteiger partial charge in [-0.2, -0.15) is 0 Å². The van der Waals surface area contributed by atoms with Gasteiger partial charge in [-0.3, -0.25) is 0 Å². The van der Waals surface area contributed by atoms with Gasteiger partial charge in [-0.05, 0) is 35.2 Å². The van der Waals surface area contributed by atoms with Crippen LogP contribution in [0, 0.1) is 0 Å². The average Bonchev–Trinajstić information content (AvgIpc) is 2.54. The number of benzene rings is 2. The Morgan fingerprint density at radius 1 is 0.952 bits per heavy atom. The molecule has 0 bridgehead atoms. The first-order valence-corrected chi connectivity index (χ1v) is 7.15. The van der Waals surface area contributed by atoms with Crippen molar-refractivity contribution in [1.82, 2.24) is 0 Å². The summed E-state index contributed by atoms with van der Waals surface area (Å²) in [6.45, 7) is 2.11. The lowest BCUT2D eigenvalue weighted by Crippen LogP contribution is -2.03. The molecule has 0 fully saturated rings. The Balaban J connectivity index is 2.16. The van der Waals surface area contributed by atoms with Gasteiger partial charge in [-0.25, -0.2) is 0 Å². The first kappa shape index (κ1) is 15.4. The summed E-state index contributed by atoms with van der Waals surface area (Å²) < 4.78 is 10.5. The normalized spacial score (nSPS) is 12.0. The highest BCUT2D eigenvalue weighted by molar-refractivity contribution is 5.43. The van der Waals surface area contributed by atoms with Crippen LogP contribution in [0.4, 0.5) is 0 Å². The molecule has 3 heteroatoms. The summed E-state index contributed by atoms with van der Waals surface area (Å²) >= 11 is 0. The first-order chi connectivity index (χ1) is 10.2. The van der Waals surface area contributed by atoms with E-state index in [-0.39, 0.29) is 0 Å². The maximum Gasteiger partial charge on any atom is 0.160 e. The molecule has 0 radical (unpaired) electrons. The molecule has 0 aliphatic rings. The van der Waals surface area contributed by atoms with E-state index in [1.807, 2.05) is 30.3 Å². The van der Waals surface area contributed by atoms with Crippen molar-refractivity contribution in [2.75, 3.05) is 14.2 Å². The lowest BCUT2D eigenvalue weighted by atomic mass is 9.99. The highest BCUT2D eigenvalue weighted by atomic mass is 16.5. The smallest absolute Gasteiger partial charge is 0.160 e. The van der Waals surface area contributed by atoms with Crippen LogP contribution in [0.5, 0.6) is 11.5 Å². The molecule has 0 heterocycles. The van der Waals surface area contributed by atoms with E-state index in [1.165, 1.54) is 5.56 Å². The number of methoxy groups -OCH3 is 2. The van der Waals surface area contributed by atoms with Gasteiger partial charge in [0.25, 0.3) is 0 Å². The van der Waals surface area contributed by atoms with Gasteiger partial charge >= 0.3 is 0 Å². The predicted octanol–water partition coefficient (Wildman–Crippen LogP) is 3.54. The number of rotatable bonds is 6. The van der Waals surface area contributed by atoms with E-state index >= 15 is 0 Å². The number of aryl methyl sites for hydroxylation is 1. The van der Waals surface area contributed by atoms with Crippen molar-refractivity contribution < 1.29 is 14.6 Å². The number of aliphatic hydroxyl groups is 1. The molecule has 1 unspecified atom stereocenters. The van der Waals surface area contributed by atoms with E-state index in [2.05, 4.69) is 19.1 Å². The summed E-state index contributed by atoms with van der Waals surface area (Å²) in [4.78, 5) is 0. The van der Waals surface area contributed by atoms with Gasteiger partial charge in [0.1, 0.15) is 0 Å². The van der Waals surface area contributed by atoms with Crippen molar-refractivity contribution in [2.24, 2.45) is 0 Å². The summed E-state index contributed by atoms with van der Waals surface area (Å²) in [6, 6.07) is 13.8. The highest BCUT2D eigenvalue weighted by Crippen LogP contribution is 2.29. The lowest BCUT2D eigenvalue weighted by molar-refractivity contribution is 0.178.